The zero-order valence-corrected chi connectivity index (χ0v) is 24.2. The van der Waals surface area contributed by atoms with Crippen molar-refractivity contribution in [2.24, 2.45) is 0 Å². The van der Waals surface area contributed by atoms with Crippen LogP contribution >= 0.6 is 0 Å². The quantitative estimate of drug-likeness (QED) is 0.203. The van der Waals surface area contributed by atoms with Crippen LogP contribution in [0.15, 0.2) is 115 Å². The van der Waals surface area contributed by atoms with Crippen molar-refractivity contribution in [2.75, 3.05) is 14.7 Å². The van der Waals surface area contributed by atoms with Crippen LogP contribution in [-0.2, 0) is 0 Å². The molecule has 2 aliphatic rings. The average Bonchev–Trinajstić information content (AvgIpc) is 3.49. The second-order valence-electron chi connectivity index (χ2n) is 10.7. The molecule has 0 saturated heterocycles. The number of nitrogens with zero attached hydrogens (tertiary/aromatic N) is 3. The van der Waals surface area contributed by atoms with Gasteiger partial charge in [-0.05, 0) is 97.1 Å². The fourth-order valence-corrected chi connectivity index (χ4v) is 5.74. The first-order valence-corrected chi connectivity index (χ1v) is 14.2. The van der Waals surface area contributed by atoms with Gasteiger partial charge in [-0.3, -0.25) is 19.2 Å². The largest absolute Gasteiger partial charge is 0.478 e. The van der Waals surface area contributed by atoms with Gasteiger partial charge in [0.05, 0.1) is 44.8 Å². The Morgan fingerprint density at radius 2 is 0.809 bits per heavy atom. The molecule has 0 unspecified atom stereocenters. The van der Waals surface area contributed by atoms with Crippen molar-refractivity contribution in [1.29, 1.82) is 0 Å². The molecular formula is C36H21N3O8. The van der Waals surface area contributed by atoms with Crippen molar-refractivity contribution in [2.45, 2.75) is 0 Å². The predicted molar refractivity (Wildman–Crippen MR) is 170 cm³/mol. The Morgan fingerprint density at radius 1 is 0.447 bits per heavy atom. The third-order valence-electron chi connectivity index (χ3n) is 8.01. The second kappa shape index (κ2) is 10.9. The van der Waals surface area contributed by atoms with E-state index in [0.717, 1.165) is 15.5 Å². The highest BCUT2D eigenvalue weighted by molar-refractivity contribution is 6.35. The average molecular weight is 624 g/mol. The number of amides is 4. The highest BCUT2D eigenvalue weighted by atomic mass is 16.4. The second-order valence-corrected chi connectivity index (χ2v) is 10.7. The van der Waals surface area contributed by atoms with E-state index in [9.17, 15) is 39.0 Å². The Labute approximate surface area is 266 Å². The van der Waals surface area contributed by atoms with Crippen molar-refractivity contribution in [3.8, 4) is 0 Å². The van der Waals surface area contributed by atoms with Crippen LogP contribution in [0.1, 0.15) is 62.1 Å². The van der Waals surface area contributed by atoms with Gasteiger partial charge in [-0.15, -0.1) is 0 Å². The lowest BCUT2D eigenvalue weighted by atomic mass is 10.1. The van der Waals surface area contributed by atoms with E-state index in [1.165, 1.54) is 36.4 Å². The first-order valence-electron chi connectivity index (χ1n) is 14.2. The number of carbonyl (C=O) groups excluding carboxylic acids is 4. The Balaban J connectivity index is 1.19. The summed E-state index contributed by atoms with van der Waals surface area (Å²) in [6, 6.07) is 30.4. The number of para-hydroxylation sites is 1. The molecule has 2 aliphatic heterocycles. The van der Waals surface area contributed by atoms with Gasteiger partial charge < -0.3 is 15.1 Å². The van der Waals surface area contributed by atoms with Gasteiger partial charge in [0, 0.05) is 17.1 Å². The predicted octanol–water partition coefficient (Wildman–Crippen LogP) is 6.15. The topological polar surface area (TPSA) is 153 Å². The summed E-state index contributed by atoms with van der Waals surface area (Å²) >= 11 is 0. The molecular weight excluding hydrogens is 602 g/mol. The summed E-state index contributed by atoms with van der Waals surface area (Å²) in [5.41, 5.74) is 2.80. The fraction of sp³-hybridized carbons (Fsp3) is 0. The zero-order chi connectivity index (χ0) is 33.0. The van der Waals surface area contributed by atoms with Gasteiger partial charge in [0.25, 0.3) is 23.6 Å². The minimum atomic E-state index is -1.21. The van der Waals surface area contributed by atoms with Crippen molar-refractivity contribution < 1.29 is 39.0 Å². The molecule has 0 radical (unpaired) electrons. The summed E-state index contributed by atoms with van der Waals surface area (Å²) < 4.78 is 0. The molecule has 2 N–H and O–H groups in total. The molecule has 0 atom stereocenters. The number of rotatable bonds is 7. The van der Waals surface area contributed by atoms with Crippen LogP contribution in [0.2, 0.25) is 0 Å². The Kier molecular flexibility index (Phi) is 6.71. The minimum Gasteiger partial charge on any atom is -0.478 e. The number of carbonyl (C=O) groups is 6. The molecule has 11 nitrogen and oxygen atoms in total. The normalized spacial score (nSPS) is 13.5. The Bertz CT molecular complexity index is 2040. The van der Waals surface area contributed by atoms with Crippen molar-refractivity contribution in [3.05, 3.63) is 149 Å². The maximum atomic E-state index is 13.2. The summed E-state index contributed by atoms with van der Waals surface area (Å²) in [7, 11) is 0. The van der Waals surface area contributed by atoms with Crippen LogP contribution in [0.25, 0.3) is 0 Å². The smallest absolute Gasteiger partial charge is 0.335 e. The number of hydrogen-bond acceptors (Lipinski definition) is 7. The molecule has 11 heteroatoms. The van der Waals surface area contributed by atoms with Crippen molar-refractivity contribution in [3.63, 3.8) is 0 Å². The first-order chi connectivity index (χ1) is 22.6. The van der Waals surface area contributed by atoms with Gasteiger partial charge in [-0.25, -0.2) is 19.4 Å². The Morgan fingerprint density at radius 3 is 1.19 bits per heavy atom. The number of imide groups is 2. The van der Waals surface area contributed by atoms with Gasteiger partial charge >= 0.3 is 11.9 Å². The summed E-state index contributed by atoms with van der Waals surface area (Å²) in [4.78, 5) is 79.3. The van der Waals surface area contributed by atoms with Crippen molar-refractivity contribution in [1.82, 2.24) is 0 Å². The van der Waals surface area contributed by atoms with Gasteiger partial charge in [-0.2, -0.15) is 0 Å². The highest BCUT2D eigenvalue weighted by Crippen LogP contribution is 2.38. The SMILES string of the molecule is O=C(O)c1ccc2c(c1)C(=O)N(c1ccc(N(c3ccccc3)c3ccc(N4C(=O)c5ccc(C(=O)O)cc5C4=O)cc3)cc1)C2=O. The van der Waals surface area contributed by atoms with Crippen LogP contribution in [0, 0.1) is 0 Å². The summed E-state index contributed by atoms with van der Waals surface area (Å²) in [5, 5.41) is 18.6. The van der Waals surface area contributed by atoms with Crippen LogP contribution in [0.5, 0.6) is 0 Å². The van der Waals surface area contributed by atoms with Crippen LogP contribution in [-0.4, -0.2) is 45.8 Å². The van der Waals surface area contributed by atoms with E-state index in [1.54, 1.807) is 48.5 Å². The van der Waals surface area contributed by atoms with Crippen LogP contribution < -0.4 is 14.7 Å². The number of fused-ring (bicyclic) bond motifs is 2. The zero-order valence-electron chi connectivity index (χ0n) is 24.2. The lowest BCUT2D eigenvalue weighted by Crippen LogP contribution is -2.29. The standard InChI is InChI=1S/C36H21N3O8/c40-31-27-16-6-20(35(44)45)18-29(27)33(42)38(31)25-12-8-23(9-13-25)37(22-4-2-1-3-5-22)24-10-14-26(15-11-24)39-32(41)28-17-7-21(36(46)47)19-30(28)34(39)43/h1-19H,(H,44,45)(H,46,47). The van der Waals surface area contributed by atoms with E-state index in [2.05, 4.69) is 0 Å². The van der Waals surface area contributed by atoms with E-state index >= 15 is 0 Å². The third-order valence-corrected chi connectivity index (χ3v) is 8.01. The molecule has 5 aromatic rings. The van der Waals surface area contributed by atoms with E-state index in [4.69, 9.17) is 0 Å². The number of anilines is 5. The molecule has 0 fully saturated rings. The van der Waals surface area contributed by atoms with Crippen molar-refractivity contribution >= 4 is 64.0 Å². The third kappa shape index (κ3) is 4.70. The minimum absolute atomic E-state index is 0.0189. The molecule has 4 amide bonds. The van der Waals surface area contributed by atoms with Gasteiger partial charge in [-0.1, -0.05) is 18.2 Å². The van der Waals surface area contributed by atoms with Crippen LogP contribution in [0.4, 0.5) is 28.4 Å². The van der Waals surface area contributed by atoms with E-state index in [1.807, 2.05) is 35.2 Å². The van der Waals surface area contributed by atoms with E-state index < -0.39 is 35.6 Å². The highest BCUT2D eigenvalue weighted by Gasteiger charge is 2.38. The molecule has 5 aromatic carbocycles. The number of benzene rings is 5. The van der Waals surface area contributed by atoms with Crippen LogP contribution in [0.3, 0.4) is 0 Å². The lowest BCUT2D eigenvalue weighted by molar-refractivity contribution is 0.0686. The molecule has 2 heterocycles. The molecule has 0 aromatic heterocycles. The molecule has 0 aliphatic carbocycles. The molecule has 47 heavy (non-hydrogen) atoms. The number of carboxylic acids is 2. The summed E-state index contributed by atoms with van der Waals surface area (Å²) in [6.07, 6.45) is 0. The molecule has 228 valence electrons. The summed E-state index contributed by atoms with van der Waals surface area (Å²) in [5.74, 6) is -4.77. The first kappa shape index (κ1) is 28.9. The number of aromatic carboxylic acids is 2. The number of carboxylic acid groups (broad SMARTS) is 2. The van der Waals surface area contributed by atoms with E-state index in [-0.39, 0.29) is 33.4 Å². The van der Waals surface area contributed by atoms with Gasteiger partial charge in [0.1, 0.15) is 0 Å². The number of hydrogen-bond donors (Lipinski definition) is 2. The maximum Gasteiger partial charge on any atom is 0.335 e. The van der Waals surface area contributed by atoms with Gasteiger partial charge in [0.15, 0.2) is 0 Å². The maximum absolute atomic E-state index is 13.2. The molecule has 0 bridgehead atoms. The molecule has 0 spiro atoms. The fourth-order valence-electron chi connectivity index (χ4n) is 5.74. The van der Waals surface area contributed by atoms with E-state index in [0.29, 0.717) is 22.7 Å². The molecule has 7 rings (SSSR count). The lowest BCUT2D eigenvalue weighted by Gasteiger charge is -2.26. The summed E-state index contributed by atoms with van der Waals surface area (Å²) in [6.45, 7) is 0. The van der Waals surface area contributed by atoms with Gasteiger partial charge in [0.2, 0.25) is 0 Å². The monoisotopic (exact) mass is 623 g/mol. The Hall–Kier alpha value is -6.88. The molecule has 0 saturated carbocycles.